The third-order valence-electron chi connectivity index (χ3n) is 1.85. The molecule has 1 atom stereocenters. The van der Waals surface area contributed by atoms with Crippen molar-refractivity contribution >= 4 is 17.7 Å². The molecule has 0 fully saturated rings. The number of carbonyl (C=O) groups is 1. The maximum atomic E-state index is 11.4. The molecule has 0 radical (unpaired) electrons. The van der Waals surface area contributed by atoms with Crippen LogP contribution in [0.15, 0.2) is 12.7 Å². The van der Waals surface area contributed by atoms with Crippen molar-refractivity contribution in [2.45, 2.75) is 26.3 Å². The predicted molar refractivity (Wildman–Crippen MR) is 66.2 cm³/mol. The van der Waals surface area contributed by atoms with Crippen LogP contribution in [0.25, 0.3) is 0 Å². The molecule has 0 aromatic rings. The molecule has 0 saturated heterocycles. The number of rotatable bonds is 9. The average molecular weight is 231 g/mol. The highest BCUT2D eigenvalue weighted by atomic mass is 32.2. The van der Waals surface area contributed by atoms with Gasteiger partial charge >= 0.3 is 5.97 Å². The molecule has 0 aliphatic carbocycles. The summed E-state index contributed by atoms with van der Waals surface area (Å²) in [6, 6.07) is -0.158. The number of ether oxygens (including phenoxy) is 1. The lowest BCUT2D eigenvalue weighted by Crippen LogP contribution is -2.38. The molecule has 0 aromatic carbocycles. The number of esters is 1. The third kappa shape index (κ3) is 7.45. The maximum absolute atomic E-state index is 11.4. The van der Waals surface area contributed by atoms with Gasteiger partial charge in [0.2, 0.25) is 0 Å². The lowest BCUT2D eigenvalue weighted by molar-refractivity contribution is -0.145. The van der Waals surface area contributed by atoms with Crippen LogP contribution in [0.4, 0.5) is 0 Å². The smallest absolute Gasteiger partial charge is 0.323 e. The number of thioether (sulfide) groups is 1. The Bertz CT molecular complexity index is 185. The standard InChI is InChI=1S/C11H21NO2S/c1-4-8-15-9-7-12-10(5-2)11(13)14-6-3/h4,10,12H,1,5-9H2,2-3H3. The van der Waals surface area contributed by atoms with Gasteiger partial charge in [-0.1, -0.05) is 13.0 Å². The van der Waals surface area contributed by atoms with Crippen molar-refractivity contribution in [2.24, 2.45) is 0 Å². The van der Waals surface area contributed by atoms with Crippen LogP contribution in [0.1, 0.15) is 20.3 Å². The summed E-state index contributed by atoms with van der Waals surface area (Å²) >= 11 is 1.80. The Morgan fingerprint density at radius 2 is 2.33 bits per heavy atom. The largest absolute Gasteiger partial charge is 0.465 e. The van der Waals surface area contributed by atoms with E-state index in [2.05, 4.69) is 11.9 Å². The van der Waals surface area contributed by atoms with Crippen LogP contribution < -0.4 is 5.32 Å². The van der Waals surface area contributed by atoms with E-state index in [0.717, 1.165) is 24.5 Å². The first kappa shape index (κ1) is 14.5. The Morgan fingerprint density at radius 1 is 1.60 bits per heavy atom. The second-order valence-corrected chi connectivity index (χ2v) is 4.18. The topological polar surface area (TPSA) is 38.3 Å². The molecular weight excluding hydrogens is 210 g/mol. The van der Waals surface area contributed by atoms with E-state index in [1.54, 1.807) is 11.8 Å². The fourth-order valence-electron chi connectivity index (χ4n) is 1.11. The molecule has 4 heteroatoms. The first-order chi connectivity index (χ1) is 7.26. The van der Waals surface area contributed by atoms with E-state index < -0.39 is 0 Å². The van der Waals surface area contributed by atoms with Crippen LogP contribution >= 0.6 is 11.8 Å². The normalized spacial score (nSPS) is 12.1. The summed E-state index contributed by atoms with van der Waals surface area (Å²) in [5.74, 6) is 1.80. The highest BCUT2D eigenvalue weighted by Gasteiger charge is 2.15. The van der Waals surface area contributed by atoms with Gasteiger partial charge in [-0.2, -0.15) is 11.8 Å². The van der Waals surface area contributed by atoms with Crippen LogP contribution in [0, 0.1) is 0 Å². The Morgan fingerprint density at radius 3 is 2.87 bits per heavy atom. The third-order valence-corrected chi connectivity index (χ3v) is 2.82. The van der Waals surface area contributed by atoms with Gasteiger partial charge in [0.05, 0.1) is 6.61 Å². The SMILES string of the molecule is C=CCSCCNC(CC)C(=O)OCC. The molecule has 0 spiro atoms. The van der Waals surface area contributed by atoms with E-state index in [4.69, 9.17) is 4.74 Å². The maximum Gasteiger partial charge on any atom is 0.323 e. The van der Waals surface area contributed by atoms with Crippen molar-refractivity contribution in [2.75, 3.05) is 24.7 Å². The van der Waals surface area contributed by atoms with E-state index in [9.17, 15) is 4.79 Å². The number of hydrogen-bond acceptors (Lipinski definition) is 4. The van der Waals surface area contributed by atoms with Crippen molar-refractivity contribution in [3.63, 3.8) is 0 Å². The zero-order chi connectivity index (χ0) is 11.5. The molecule has 0 aliphatic rings. The van der Waals surface area contributed by atoms with Gasteiger partial charge in [0.15, 0.2) is 0 Å². The van der Waals surface area contributed by atoms with E-state index in [-0.39, 0.29) is 12.0 Å². The summed E-state index contributed by atoms with van der Waals surface area (Å²) in [6.45, 7) is 8.72. The summed E-state index contributed by atoms with van der Waals surface area (Å²) in [6.07, 6.45) is 2.65. The molecule has 0 aromatic heterocycles. The molecule has 3 nitrogen and oxygen atoms in total. The van der Waals surface area contributed by atoms with Crippen molar-refractivity contribution in [1.82, 2.24) is 5.32 Å². The molecule has 1 unspecified atom stereocenters. The highest BCUT2D eigenvalue weighted by Crippen LogP contribution is 1.99. The lowest BCUT2D eigenvalue weighted by Gasteiger charge is -2.14. The Hall–Kier alpha value is -0.480. The summed E-state index contributed by atoms with van der Waals surface area (Å²) in [4.78, 5) is 11.4. The average Bonchev–Trinajstić information content (AvgIpc) is 2.23. The quantitative estimate of drug-likeness (QED) is 0.373. The van der Waals surface area contributed by atoms with Crippen molar-refractivity contribution < 1.29 is 9.53 Å². The molecular formula is C11H21NO2S. The number of hydrogen-bond donors (Lipinski definition) is 1. The minimum absolute atomic E-state index is 0.145. The molecule has 88 valence electrons. The van der Waals surface area contributed by atoms with E-state index in [1.165, 1.54) is 0 Å². The minimum atomic E-state index is -0.158. The lowest BCUT2D eigenvalue weighted by atomic mass is 10.2. The fraction of sp³-hybridized carbons (Fsp3) is 0.727. The molecule has 0 rings (SSSR count). The van der Waals surface area contributed by atoms with Gasteiger partial charge in [-0.05, 0) is 13.3 Å². The van der Waals surface area contributed by atoms with Crippen LogP contribution in [-0.2, 0) is 9.53 Å². The second kappa shape index (κ2) is 10.1. The first-order valence-corrected chi connectivity index (χ1v) is 6.50. The minimum Gasteiger partial charge on any atom is -0.465 e. The predicted octanol–water partition coefficient (Wildman–Crippen LogP) is 1.84. The van der Waals surface area contributed by atoms with Crippen molar-refractivity contribution in [3.05, 3.63) is 12.7 Å². The number of nitrogens with one attached hydrogen (secondary N) is 1. The van der Waals surface area contributed by atoms with E-state index >= 15 is 0 Å². The van der Waals surface area contributed by atoms with Crippen molar-refractivity contribution in [1.29, 1.82) is 0 Å². The molecule has 0 bridgehead atoms. The molecule has 0 amide bonds. The molecule has 0 aliphatic heterocycles. The molecule has 0 heterocycles. The zero-order valence-corrected chi connectivity index (χ0v) is 10.4. The van der Waals surface area contributed by atoms with E-state index in [1.807, 2.05) is 19.9 Å². The van der Waals surface area contributed by atoms with Gasteiger partial charge in [0.25, 0.3) is 0 Å². The van der Waals surface area contributed by atoms with Crippen LogP contribution in [0.5, 0.6) is 0 Å². The molecule has 1 N–H and O–H groups in total. The summed E-state index contributed by atoms with van der Waals surface area (Å²) in [7, 11) is 0. The summed E-state index contributed by atoms with van der Waals surface area (Å²) in [5, 5.41) is 3.18. The Labute approximate surface area is 96.6 Å². The van der Waals surface area contributed by atoms with Gasteiger partial charge in [-0.3, -0.25) is 4.79 Å². The van der Waals surface area contributed by atoms with Gasteiger partial charge in [0.1, 0.15) is 6.04 Å². The highest BCUT2D eigenvalue weighted by molar-refractivity contribution is 7.99. The van der Waals surface area contributed by atoms with Crippen LogP contribution in [0.2, 0.25) is 0 Å². The Kier molecular flexibility index (Phi) is 9.73. The summed E-state index contributed by atoms with van der Waals surface area (Å²) < 4.78 is 4.95. The molecule has 15 heavy (non-hydrogen) atoms. The Balaban J connectivity index is 3.60. The summed E-state index contributed by atoms with van der Waals surface area (Å²) in [5.41, 5.74) is 0. The van der Waals surface area contributed by atoms with Gasteiger partial charge in [-0.25, -0.2) is 0 Å². The monoisotopic (exact) mass is 231 g/mol. The first-order valence-electron chi connectivity index (χ1n) is 5.34. The van der Waals surface area contributed by atoms with Gasteiger partial charge < -0.3 is 10.1 Å². The van der Waals surface area contributed by atoms with E-state index in [0.29, 0.717) is 6.61 Å². The van der Waals surface area contributed by atoms with Gasteiger partial charge in [0, 0.05) is 18.1 Å². The number of carbonyl (C=O) groups excluding carboxylic acids is 1. The zero-order valence-electron chi connectivity index (χ0n) is 9.62. The van der Waals surface area contributed by atoms with Crippen LogP contribution in [-0.4, -0.2) is 36.7 Å². The van der Waals surface area contributed by atoms with Crippen LogP contribution in [0.3, 0.4) is 0 Å². The fourth-order valence-corrected chi connectivity index (χ4v) is 1.70. The molecule has 0 saturated carbocycles. The van der Waals surface area contributed by atoms with Gasteiger partial charge in [-0.15, -0.1) is 6.58 Å². The van der Waals surface area contributed by atoms with Crippen molar-refractivity contribution in [3.8, 4) is 0 Å². The second-order valence-electron chi connectivity index (χ2n) is 3.03.